The van der Waals surface area contributed by atoms with Crippen LogP contribution in [0.25, 0.3) is 16.6 Å². The number of carbonyl (C=O) groups is 1. The smallest absolute Gasteiger partial charge is 0.274 e. The van der Waals surface area contributed by atoms with Crippen molar-refractivity contribution in [1.29, 1.82) is 0 Å². The third kappa shape index (κ3) is 3.85. The number of amides is 1. The molecule has 0 aliphatic carbocycles. The van der Waals surface area contributed by atoms with Crippen LogP contribution in [-0.4, -0.2) is 37.5 Å². The number of nitrogen functional groups attached to an aromatic ring is 1. The maximum absolute atomic E-state index is 11.5. The zero-order valence-electron chi connectivity index (χ0n) is 18.4. The van der Waals surface area contributed by atoms with Crippen LogP contribution in [-0.2, 0) is 12.8 Å². The van der Waals surface area contributed by atoms with E-state index in [4.69, 9.17) is 25.4 Å². The van der Waals surface area contributed by atoms with Gasteiger partial charge in [0.05, 0.1) is 5.52 Å². The fraction of sp³-hybridized carbons (Fsp3) is 0.120. The number of fused-ring (bicyclic) bond motifs is 4. The first-order valence-corrected chi connectivity index (χ1v) is 10.9. The van der Waals surface area contributed by atoms with Crippen molar-refractivity contribution in [2.24, 2.45) is 0 Å². The summed E-state index contributed by atoms with van der Waals surface area (Å²) >= 11 is 0. The Balaban J connectivity index is 1.35. The average Bonchev–Trinajstić information content (AvgIpc) is 3.50. The minimum Gasteiger partial charge on any atom is -0.454 e. The van der Waals surface area contributed by atoms with Crippen molar-refractivity contribution in [3.63, 3.8) is 0 Å². The van der Waals surface area contributed by atoms with Crippen molar-refractivity contribution in [3.8, 4) is 11.5 Å². The number of carbonyl (C=O) groups excluding carboxylic acids is 1. The molecular weight excluding hydrogens is 448 g/mol. The summed E-state index contributed by atoms with van der Waals surface area (Å²) in [6.07, 6.45) is 1.16. The number of ether oxygens (including phenoxy) is 2. The second-order valence-electron chi connectivity index (χ2n) is 8.26. The number of hydrogen-bond acceptors (Lipinski definition) is 8. The summed E-state index contributed by atoms with van der Waals surface area (Å²) in [7, 11) is 0. The van der Waals surface area contributed by atoms with Gasteiger partial charge in [-0.25, -0.2) is 10.5 Å². The lowest BCUT2D eigenvalue weighted by Gasteiger charge is -2.09. The van der Waals surface area contributed by atoms with Gasteiger partial charge < -0.3 is 15.2 Å². The van der Waals surface area contributed by atoms with Crippen LogP contribution in [0.4, 0.5) is 5.95 Å². The molecule has 0 saturated heterocycles. The third-order valence-corrected chi connectivity index (χ3v) is 5.94. The van der Waals surface area contributed by atoms with Crippen LogP contribution in [0.2, 0.25) is 0 Å². The monoisotopic (exact) mass is 468 g/mol. The van der Waals surface area contributed by atoms with Crippen molar-refractivity contribution in [1.82, 2.24) is 25.1 Å². The first kappa shape index (κ1) is 20.9. The Labute approximate surface area is 198 Å². The quantitative estimate of drug-likeness (QED) is 0.265. The standard InChI is InChI=1S/C25H20N6O4/c26-25-28-23-18-10-15(9-14-1-5-17(6-2-14)24(32)30-33)3-7-19(18)27-22(31(23)29-25)12-16-4-8-20-21(11-16)35-13-34-20/h1-8,10-11,33H,9,12-13H2,(H2,26,29)(H,30,32). The van der Waals surface area contributed by atoms with Crippen molar-refractivity contribution < 1.29 is 19.5 Å². The molecular formula is C25H20N6O4. The predicted octanol–water partition coefficient (Wildman–Crippen LogP) is 2.89. The lowest BCUT2D eigenvalue weighted by atomic mass is 10.0. The molecule has 3 heterocycles. The highest BCUT2D eigenvalue weighted by Gasteiger charge is 2.17. The molecule has 3 aromatic carbocycles. The van der Waals surface area contributed by atoms with Crippen LogP contribution >= 0.6 is 0 Å². The summed E-state index contributed by atoms with van der Waals surface area (Å²) in [6.45, 7) is 0.224. The first-order valence-electron chi connectivity index (χ1n) is 10.9. The van der Waals surface area contributed by atoms with Gasteiger partial charge in [0.1, 0.15) is 5.82 Å². The Bertz CT molecular complexity index is 1600. The van der Waals surface area contributed by atoms with E-state index in [9.17, 15) is 4.79 Å². The predicted molar refractivity (Wildman–Crippen MR) is 127 cm³/mol. The SMILES string of the molecule is Nc1nc2c3cc(Cc4ccc(C(=O)NO)cc4)ccc3nc(Cc3ccc4c(c3)OCO4)n2n1. The molecule has 2 aromatic heterocycles. The molecule has 10 nitrogen and oxygen atoms in total. The van der Waals surface area contributed by atoms with Crippen LogP contribution in [0.3, 0.4) is 0 Å². The number of aromatic nitrogens is 4. The van der Waals surface area contributed by atoms with E-state index in [2.05, 4.69) is 10.1 Å². The number of hydrogen-bond donors (Lipinski definition) is 3. The number of nitrogens with two attached hydrogens (primary N) is 1. The summed E-state index contributed by atoms with van der Waals surface area (Å²) in [6, 6.07) is 18.9. The fourth-order valence-corrected chi connectivity index (χ4v) is 4.26. The Morgan fingerprint density at radius 2 is 1.69 bits per heavy atom. The molecule has 1 aliphatic rings. The van der Waals surface area contributed by atoms with Gasteiger partial charge in [-0.3, -0.25) is 10.0 Å². The summed E-state index contributed by atoms with van der Waals surface area (Å²) in [5.41, 5.74) is 12.5. The summed E-state index contributed by atoms with van der Waals surface area (Å²) in [5.74, 6) is 1.79. The van der Waals surface area contributed by atoms with Gasteiger partial charge in [-0.1, -0.05) is 24.3 Å². The number of anilines is 1. The third-order valence-electron chi connectivity index (χ3n) is 5.94. The van der Waals surface area contributed by atoms with Gasteiger partial charge in [0.2, 0.25) is 12.7 Å². The van der Waals surface area contributed by atoms with E-state index < -0.39 is 5.91 Å². The minimum atomic E-state index is -0.545. The summed E-state index contributed by atoms with van der Waals surface area (Å²) in [4.78, 5) is 20.9. The van der Waals surface area contributed by atoms with Crippen LogP contribution in [0.1, 0.15) is 32.9 Å². The van der Waals surface area contributed by atoms with E-state index in [0.29, 0.717) is 35.6 Å². The van der Waals surface area contributed by atoms with Gasteiger partial charge in [-0.2, -0.15) is 9.50 Å². The highest BCUT2D eigenvalue weighted by Crippen LogP contribution is 2.33. The molecule has 4 N–H and O–H groups in total. The zero-order chi connectivity index (χ0) is 23.9. The topological polar surface area (TPSA) is 137 Å². The van der Waals surface area contributed by atoms with E-state index >= 15 is 0 Å². The molecule has 0 saturated carbocycles. The maximum atomic E-state index is 11.5. The minimum absolute atomic E-state index is 0.175. The van der Waals surface area contributed by atoms with Crippen LogP contribution in [0, 0.1) is 0 Å². The van der Waals surface area contributed by atoms with Gasteiger partial charge in [-0.05, 0) is 59.5 Å². The van der Waals surface area contributed by atoms with E-state index in [1.165, 1.54) is 0 Å². The molecule has 35 heavy (non-hydrogen) atoms. The largest absolute Gasteiger partial charge is 0.454 e. The lowest BCUT2D eigenvalue weighted by Crippen LogP contribution is -2.18. The number of benzene rings is 3. The van der Waals surface area contributed by atoms with Crippen molar-refractivity contribution in [3.05, 3.63) is 88.7 Å². The van der Waals surface area contributed by atoms with Crippen molar-refractivity contribution in [2.45, 2.75) is 12.8 Å². The molecule has 10 heteroatoms. The summed E-state index contributed by atoms with van der Waals surface area (Å²) in [5, 5.41) is 14.0. The highest BCUT2D eigenvalue weighted by molar-refractivity contribution is 5.93. The Hall–Kier alpha value is -4.70. The Kier molecular flexibility index (Phi) is 4.93. The van der Waals surface area contributed by atoms with Gasteiger partial charge in [0.25, 0.3) is 5.91 Å². The van der Waals surface area contributed by atoms with Gasteiger partial charge in [-0.15, -0.1) is 5.10 Å². The molecule has 0 fully saturated rings. The molecule has 0 radical (unpaired) electrons. The fourth-order valence-electron chi connectivity index (χ4n) is 4.26. The lowest BCUT2D eigenvalue weighted by molar-refractivity contribution is 0.0706. The molecule has 0 atom stereocenters. The second-order valence-corrected chi connectivity index (χ2v) is 8.26. The van der Waals surface area contributed by atoms with Gasteiger partial charge in [0, 0.05) is 17.4 Å². The molecule has 0 bridgehead atoms. The Morgan fingerprint density at radius 1 is 0.943 bits per heavy atom. The number of nitrogens with zero attached hydrogens (tertiary/aromatic N) is 4. The molecule has 174 valence electrons. The Morgan fingerprint density at radius 3 is 2.51 bits per heavy atom. The summed E-state index contributed by atoms with van der Waals surface area (Å²) < 4.78 is 12.6. The van der Waals surface area contributed by atoms with Crippen LogP contribution in [0.15, 0.2) is 60.7 Å². The van der Waals surface area contributed by atoms with Gasteiger partial charge in [0.15, 0.2) is 17.1 Å². The van der Waals surface area contributed by atoms with Crippen LogP contribution in [0.5, 0.6) is 11.5 Å². The van der Waals surface area contributed by atoms with E-state index in [0.717, 1.165) is 33.3 Å². The molecule has 1 amide bonds. The maximum Gasteiger partial charge on any atom is 0.274 e. The van der Waals surface area contributed by atoms with E-state index in [1.807, 2.05) is 48.5 Å². The van der Waals surface area contributed by atoms with Gasteiger partial charge >= 0.3 is 0 Å². The van der Waals surface area contributed by atoms with Crippen LogP contribution < -0.4 is 20.7 Å². The first-order chi connectivity index (χ1) is 17.1. The molecule has 0 unspecified atom stereocenters. The highest BCUT2D eigenvalue weighted by atomic mass is 16.7. The second kappa shape index (κ2) is 8.26. The normalized spacial score (nSPS) is 12.4. The van der Waals surface area contributed by atoms with Crippen molar-refractivity contribution >= 4 is 28.4 Å². The number of rotatable bonds is 5. The average molecular weight is 468 g/mol. The zero-order valence-corrected chi connectivity index (χ0v) is 18.4. The molecule has 5 aromatic rings. The number of nitrogens with one attached hydrogen (secondary N) is 1. The van der Waals surface area contributed by atoms with Crippen molar-refractivity contribution in [2.75, 3.05) is 12.5 Å². The molecule has 1 aliphatic heterocycles. The molecule has 6 rings (SSSR count). The van der Waals surface area contributed by atoms with E-state index in [-0.39, 0.29) is 12.7 Å². The van der Waals surface area contributed by atoms with E-state index in [1.54, 1.807) is 22.1 Å². The number of hydroxylamine groups is 1. The molecule has 0 spiro atoms.